The van der Waals surface area contributed by atoms with Crippen LogP contribution in [0.4, 0.5) is 11.4 Å². The number of hydrogen-bond donors (Lipinski definition) is 1. The van der Waals surface area contributed by atoms with Crippen molar-refractivity contribution in [2.45, 2.75) is 25.7 Å². The van der Waals surface area contributed by atoms with Gasteiger partial charge in [-0.15, -0.1) is 0 Å². The monoisotopic (exact) mass is 470 g/mol. The lowest BCUT2D eigenvalue weighted by atomic mass is 10.1. The minimum Gasteiger partial charge on any atom is -0.369 e. The summed E-state index contributed by atoms with van der Waals surface area (Å²) < 4.78 is 26.6. The van der Waals surface area contributed by atoms with Gasteiger partial charge in [-0.25, -0.2) is 8.42 Å². The van der Waals surface area contributed by atoms with Crippen molar-refractivity contribution < 1.29 is 13.2 Å². The number of benzene rings is 2. The van der Waals surface area contributed by atoms with Gasteiger partial charge in [0.05, 0.1) is 4.90 Å². The molecule has 0 radical (unpaired) electrons. The van der Waals surface area contributed by atoms with Gasteiger partial charge in [0.1, 0.15) is 0 Å². The van der Waals surface area contributed by atoms with E-state index in [9.17, 15) is 13.2 Å². The van der Waals surface area contributed by atoms with Crippen molar-refractivity contribution in [3.8, 4) is 0 Å². The van der Waals surface area contributed by atoms with E-state index < -0.39 is 10.0 Å². The number of anilines is 2. The van der Waals surface area contributed by atoms with E-state index in [1.54, 1.807) is 30.3 Å². The fraction of sp³-hybridized carbons (Fsp3) is 0.400. The summed E-state index contributed by atoms with van der Waals surface area (Å²) in [6.07, 6.45) is 3.13. The molecular formula is C25H34N4O3S. The summed E-state index contributed by atoms with van der Waals surface area (Å²) in [5, 5.41) is 2.90. The highest BCUT2D eigenvalue weighted by Crippen LogP contribution is 2.25. The molecule has 7 nitrogen and oxygen atoms in total. The predicted octanol–water partition coefficient (Wildman–Crippen LogP) is 3.43. The Labute approximate surface area is 197 Å². The number of nitrogens with zero attached hydrogens (tertiary/aromatic N) is 3. The second-order valence-electron chi connectivity index (χ2n) is 8.27. The van der Waals surface area contributed by atoms with Gasteiger partial charge in [0.2, 0.25) is 15.9 Å². The number of sulfonamides is 1. The van der Waals surface area contributed by atoms with Crippen LogP contribution in [0.15, 0.2) is 53.4 Å². The van der Waals surface area contributed by atoms with Crippen molar-refractivity contribution in [3.63, 3.8) is 0 Å². The maximum atomic E-state index is 12.6. The number of likely N-dealkylation sites (N-methyl/N-ethyl adjacent to an activating group) is 1. The third-order valence-electron chi connectivity index (χ3n) is 5.96. The molecule has 2 aromatic rings. The number of amides is 1. The fourth-order valence-electron chi connectivity index (χ4n) is 3.95. The Kier molecular flexibility index (Phi) is 8.29. The molecule has 1 N–H and O–H groups in total. The maximum absolute atomic E-state index is 12.6. The number of carbonyl (C=O) groups excluding carboxylic acids is 1. The molecule has 0 atom stereocenters. The lowest BCUT2D eigenvalue weighted by molar-refractivity contribution is -0.111. The van der Waals surface area contributed by atoms with Crippen molar-refractivity contribution in [3.05, 3.63) is 59.7 Å². The smallest absolute Gasteiger partial charge is 0.248 e. The first kappa shape index (κ1) is 25.0. The molecule has 0 bridgehead atoms. The Morgan fingerprint density at radius 2 is 1.67 bits per heavy atom. The van der Waals surface area contributed by atoms with Crippen molar-refractivity contribution in [1.82, 2.24) is 9.21 Å². The highest BCUT2D eigenvalue weighted by atomic mass is 32.2. The van der Waals surface area contributed by atoms with E-state index in [0.29, 0.717) is 13.1 Å². The molecule has 1 fully saturated rings. The highest BCUT2D eigenvalue weighted by Gasteiger charge is 2.21. The van der Waals surface area contributed by atoms with Crippen molar-refractivity contribution >= 4 is 33.4 Å². The van der Waals surface area contributed by atoms with Gasteiger partial charge in [-0.05, 0) is 61.5 Å². The third kappa shape index (κ3) is 6.22. The molecule has 1 heterocycles. The summed E-state index contributed by atoms with van der Waals surface area (Å²) >= 11 is 0. The number of piperazine rings is 1. The lowest BCUT2D eigenvalue weighted by Gasteiger charge is -2.35. The normalized spacial score (nSPS) is 15.4. The summed E-state index contributed by atoms with van der Waals surface area (Å²) in [6.45, 7) is 10.6. The van der Waals surface area contributed by atoms with Crippen LogP contribution in [0, 0.1) is 6.92 Å². The van der Waals surface area contributed by atoms with E-state index in [4.69, 9.17) is 0 Å². The summed E-state index contributed by atoms with van der Waals surface area (Å²) in [6, 6.07) is 12.5. The van der Waals surface area contributed by atoms with Gasteiger partial charge >= 0.3 is 0 Å². The molecule has 1 aliphatic heterocycles. The molecule has 8 heteroatoms. The number of hydrogen-bond acceptors (Lipinski definition) is 5. The van der Waals surface area contributed by atoms with Crippen LogP contribution in [0.25, 0.3) is 6.08 Å². The van der Waals surface area contributed by atoms with Gasteiger partial charge < -0.3 is 15.1 Å². The standard InChI is InChI=1S/C25H34N4O3S/c1-5-29(6-2)33(31,32)23-11-7-21(8-12-23)9-14-25(30)26-22-10-13-24(20(3)19-22)28-17-15-27(4)16-18-28/h7-14,19H,5-6,15-18H2,1-4H3,(H,26,30)/b14-9+. The Bertz CT molecular complexity index is 1090. The minimum absolute atomic E-state index is 0.235. The van der Waals surface area contributed by atoms with E-state index >= 15 is 0 Å². The average Bonchev–Trinajstić information content (AvgIpc) is 2.79. The van der Waals surface area contributed by atoms with E-state index in [1.807, 2.05) is 26.0 Å². The van der Waals surface area contributed by atoms with Crippen molar-refractivity contribution in [2.24, 2.45) is 0 Å². The second-order valence-corrected chi connectivity index (χ2v) is 10.2. The Morgan fingerprint density at radius 1 is 1.03 bits per heavy atom. The van der Waals surface area contributed by atoms with E-state index in [0.717, 1.165) is 43.0 Å². The molecule has 2 aromatic carbocycles. The zero-order valence-corrected chi connectivity index (χ0v) is 20.7. The Morgan fingerprint density at radius 3 is 2.24 bits per heavy atom. The van der Waals surface area contributed by atoms with E-state index in [-0.39, 0.29) is 10.8 Å². The van der Waals surface area contributed by atoms with Gasteiger partial charge in [-0.2, -0.15) is 4.31 Å². The molecule has 0 saturated carbocycles. The van der Waals surface area contributed by atoms with E-state index in [1.165, 1.54) is 16.1 Å². The van der Waals surface area contributed by atoms with Crippen LogP contribution in [0.2, 0.25) is 0 Å². The first-order chi connectivity index (χ1) is 15.7. The summed E-state index contributed by atoms with van der Waals surface area (Å²) in [5.41, 5.74) is 3.84. The molecule has 178 valence electrons. The molecule has 1 aliphatic rings. The quantitative estimate of drug-likeness (QED) is 0.599. The number of carbonyl (C=O) groups is 1. The average molecular weight is 471 g/mol. The molecular weight excluding hydrogens is 436 g/mol. The Hall–Kier alpha value is -2.68. The largest absolute Gasteiger partial charge is 0.369 e. The zero-order chi connectivity index (χ0) is 24.0. The van der Waals surface area contributed by atoms with Crippen molar-refractivity contribution in [1.29, 1.82) is 0 Å². The van der Waals surface area contributed by atoms with Crippen LogP contribution in [-0.2, 0) is 14.8 Å². The topological polar surface area (TPSA) is 73.0 Å². The summed E-state index contributed by atoms with van der Waals surface area (Å²) in [4.78, 5) is 17.4. The second kappa shape index (κ2) is 11.0. The molecule has 0 spiro atoms. The van der Waals surface area contributed by atoms with Gasteiger partial charge in [0.25, 0.3) is 0 Å². The molecule has 1 amide bonds. The number of rotatable bonds is 8. The number of aryl methyl sites for hydroxylation is 1. The molecule has 0 aliphatic carbocycles. The minimum atomic E-state index is -3.48. The van der Waals surface area contributed by atoms with Gasteiger partial charge in [-0.3, -0.25) is 4.79 Å². The van der Waals surface area contributed by atoms with Crippen molar-refractivity contribution in [2.75, 3.05) is 56.5 Å². The summed E-state index contributed by atoms with van der Waals surface area (Å²) in [7, 11) is -1.35. The summed E-state index contributed by atoms with van der Waals surface area (Å²) in [5.74, 6) is -0.235. The van der Waals surface area contributed by atoms with Gasteiger partial charge in [0.15, 0.2) is 0 Å². The fourth-order valence-corrected chi connectivity index (χ4v) is 5.41. The lowest BCUT2D eigenvalue weighted by Crippen LogP contribution is -2.44. The molecule has 1 saturated heterocycles. The van der Waals surface area contributed by atoms with Crippen LogP contribution in [0.1, 0.15) is 25.0 Å². The van der Waals surface area contributed by atoms with Gasteiger partial charge in [0, 0.05) is 56.7 Å². The maximum Gasteiger partial charge on any atom is 0.248 e. The van der Waals surface area contributed by atoms with Crippen LogP contribution in [-0.4, -0.2) is 69.8 Å². The highest BCUT2D eigenvalue weighted by molar-refractivity contribution is 7.89. The molecule has 0 unspecified atom stereocenters. The molecule has 0 aromatic heterocycles. The molecule has 33 heavy (non-hydrogen) atoms. The van der Waals surface area contributed by atoms with Crippen LogP contribution < -0.4 is 10.2 Å². The SMILES string of the molecule is CCN(CC)S(=O)(=O)c1ccc(/C=C/C(=O)Nc2ccc(N3CCN(C)CC3)c(C)c2)cc1. The molecule has 3 rings (SSSR count). The number of nitrogens with one attached hydrogen (secondary N) is 1. The zero-order valence-electron chi connectivity index (χ0n) is 19.9. The predicted molar refractivity (Wildman–Crippen MR) is 135 cm³/mol. The first-order valence-electron chi connectivity index (χ1n) is 11.4. The van der Waals surface area contributed by atoms with E-state index in [2.05, 4.69) is 35.2 Å². The van der Waals surface area contributed by atoms with Crippen LogP contribution in [0.5, 0.6) is 0 Å². The Balaban J connectivity index is 1.61. The van der Waals surface area contributed by atoms with Crippen LogP contribution in [0.3, 0.4) is 0 Å². The van der Waals surface area contributed by atoms with Crippen LogP contribution >= 0.6 is 0 Å². The van der Waals surface area contributed by atoms with Gasteiger partial charge in [-0.1, -0.05) is 26.0 Å². The first-order valence-corrected chi connectivity index (χ1v) is 12.8. The third-order valence-corrected chi connectivity index (χ3v) is 8.02.